The van der Waals surface area contributed by atoms with Gasteiger partial charge in [0.05, 0.1) is 13.4 Å². The van der Waals surface area contributed by atoms with Gasteiger partial charge >= 0.3 is 0 Å². The highest BCUT2D eigenvalue weighted by Crippen LogP contribution is 2.27. The lowest BCUT2D eigenvalue weighted by Crippen LogP contribution is -2.52. The Morgan fingerprint density at radius 1 is 1.12 bits per heavy atom. The first-order valence-electron chi connectivity index (χ1n) is 10.1. The maximum atomic E-state index is 12.3. The fraction of sp³-hybridized carbons (Fsp3) is 0.348. The molecule has 0 aliphatic carbocycles. The van der Waals surface area contributed by atoms with Gasteiger partial charge in [0.2, 0.25) is 10.0 Å². The number of hydrogen-bond donors (Lipinski definition) is 3. The molecule has 0 bridgehead atoms. The van der Waals surface area contributed by atoms with E-state index in [1.807, 2.05) is 18.2 Å². The van der Waals surface area contributed by atoms with Crippen LogP contribution in [0.15, 0.2) is 42.5 Å². The van der Waals surface area contributed by atoms with E-state index in [4.69, 9.17) is 21.1 Å². The van der Waals surface area contributed by atoms with Crippen LogP contribution in [-0.4, -0.2) is 40.3 Å². The van der Waals surface area contributed by atoms with Gasteiger partial charge in [-0.3, -0.25) is 10.2 Å². The zero-order chi connectivity index (χ0) is 24.4. The normalized spacial score (nSPS) is 11.9. The third kappa shape index (κ3) is 9.32. The first-order valence-corrected chi connectivity index (χ1v) is 12.4. The number of ether oxygens (including phenoxy) is 2. The number of hydrogen-bond acceptors (Lipinski definition) is 6. The molecule has 0 saturated heterocycles. The quantitative estimate of drug-likeness (QED) is 0.347. The van der Waals surface area contributed by atoms with Gasteiger partial charge in [-0.2, -0.15) is 0 Å². The maximum absolute atomic E-state index is 12.3. The monoisotopic (exact) mass is 493 g/mol. The molecule has 8 nitrogen and oxygen atoms in total. The molecule has 2 aromatic rings. The Balaban J connectivity index is 1.91. The van der Waals surface area contributed by atoms with Crippen LogP contribution in [0.25, 0.3) is 0 Å². The van der Waals surface area contributed by atoms with Gasteiger partial charge in [-0.1, -0.05) is 43.4 Å². The zero-order valence-corrected chi connectivity index (χ0v) is 20.5. The largest absolute Gasteiger partial charge is 0.493 e. The van der Waals surface area contributed by atoms with E-state index in [2.05, 4.69) is 27.4 Å². The van der Waals surface area contributed by atoms with Gasteiger partial charge in [-0.25, -0.2) is 18.6 Å². The Bertz CT molecular complexity index is 1110. The molecule has 0 spiro atoms. The predicted molar refractivity (Wildman–Crippen MR) is 128 cm³/mol. The van der Waals surface area contributed by atoms with Gasteiger partial charge < -0.3 is 9.47 Å². The van der Waals surface area contributed by atoms with Gasteiger partial charge in [0.15, 0.2) is 11.5 Å². The molecule has 10 heteroatoms. The van der Waals surface area contributed by atoms with Gasteiger partial charge in [-0.15, -0.1) is 0 Å². The van der Waals surface area contributed by atoms with E-state index < -0.39 is 22.0 Å². The molecule has 0 aliphatic rings. The molecular weight excluding hydrogens is 466 g/mol. The minimum Gasteiger partial charge on any atom is -0.493 e. The van der Waals surface area contributed by atoms with E-state index in [-0.39, 0.29) is 12.5 Å². The molecule has 0 fully saturated rings. The lowest BCUT2D eigenvalue weighted by molar-refractivity contribution is -0.124. The number of halogens is 1. The van der Waals surface area contributed by atoms with Crippen LogP contribution in [0, 0.1) is 17.8 Å². The second-order valence-electron chi connectivity index (χ2n) is 7.54. The van der Waals surface area contributed by atoms with Gasteiger partial charge in [0.25, 0.3) is 5.91 Å². The first-order chi connectivity index (χ1) is 15.6. The molecule has 0 aromatic heterocycles. The van der Waals surface area contributed by atoms with Gasteiger partial charge in [0.1, 0.15) is 12.6 Å². The van der Waals surface area contributed by atoms with Crippen LogP contribution in [0.5, 0.6) is 11.5 Å². The molecule has 3 N–H and O–H groups in total. The van der Waals surface area contributed by atoms with E-state index in [0.29, 0.717) is 23.1 Å². The van der Waals surface area contributed by atoms with E-state index in [1.165, 1.54) is 7.11 Å². The van der Waals surface area contributed by atoms with Crippen LogP contribution in [0.1, 0.15) is 25.0 Å². The van der Waals surface area contributed by atoms with Crippen molar-refractivity contribution in [3.8, 4) is 23.3 Å². The summed E-state index contributed by atoms with van der Waals surface area (Å²) in [7, 11) is -1.98. The molecule has 2 aromatic carbocycles. The number of benzene rings is 2. The summed E-state index contributed by atoms with van der Waals surface area (Å²) >= 11 is 5.86. The summed E-state index contributed by atoms with van der Waals surface area (Å²) in [5, 5.41) is 0.654. The molecule has 0 heterocycles. The molecule has 33 heavy (non-hydrogen) atoms. The molecule has 2 rings (SSSR count). The van der Waals surface area contributed by atoms with E-state index in [0.717, 1.165) is 17.4 Å². The molecule has 1 atom stereocenters. The zero-order valence-electron chi connectivity index (χ0n) is 18.9. The van der Waals surface area contributed by atoms with Crippen LogP contribution in [0.4, 0.5) is 0 Å². The summed E-state index contributed by atoms with van der Waals surface area (Å²) in [4.78, 5) is 12.3. The minimum absolute atomic E-state index is 0.177. The number of carbonyl (C=O) groups excluding carboxylic acids is 1. The van der Waals surface area contributed by atoms with Crippen molar-refractivity contribution >= 4 is 27.5 Å². The topological polar surface area (TPSA) is 106 Å². The minimum atomic E-state index is -3.52. The van der Waals surface area contributed by atoms with Crippen LogP contribution in [0.2, 0.25) is 5.02 Å². The number of rotatable bonds is 10. The van der Waals surface area contributed by atoms with Crippen molar-refractivity contribution in [3.05, 3.63) is 58.6 Å². The molecule has 0 radical (unpaired) electrons. The Morgan fingerprint density at radius 3 is 2.42 bits per heavy atom. The standard InChI is InChI=1S/C23H28ClN3O5S/c1-16(2)22(27-33(4,29)30)23(28)26-25-15-18-9-12-20(21(14-18)31-3)32-13-5-6-17-7-10-19(24)11-8-17/h7-12,14,16,22,25,27H,13,15H2,1-4H3,(H,26,28)/t22-/m0/s1. The van der Waals surface area contributed by atoms with E-state index >= 15 is 0 Å². The maximum Gasteiger partial charge on any atom is 0.252 e. The fourth-order valence-electron chi connectivity index (χ4n) is 2.76. The first kappa shape index (κ1) is 26.5. The fourth-order valence-corrected chi connectivity index (χ4v) is 3.73. The third-order valence-corrected chi connectivity index (χ3v) is 5.33. The van der Waals surface area contributed by atoms with Crippen LogP contribution >= 0.6 is 11.6 Å². The summed E-state index contributed by atoms with van der Waals surface area (Å²) in [6, 6.07) is 11.7. The van der Waals surface area contributed by atoms with Crippen LogP contribution < -0.4 is 25.0 Å². The Morgan fingerprint density at radius 2 is 1.82 bits per heavy atom. The van der Waals surface area contributed by atoms with E-state index in [9.17, 15) is 13.2 Å². The van der Waals surface area contributed by atoms with Crippen molar-refractivity contribution in [1.82, 2.24) is 15.6 Å². The van der Waals surface area contributed by atoms with E-state index in [1.54, 1.807) is 38.1 Å². The number of carbonyl (C=O) groups is 1. The van der Waals surface area contributed by atoms with Crippen LogP contribution in [-0.2, 0) is 21.4 Å². The van der Waals surface area contributed by atoms with Crippen molar-refractivity contribution in [1.29, 1.82) is 0 Å². The van der Waals surface area contributed by atoms with Crippen molar-refractivity contribution < 1.29 is 22.7 Å². The van der Waals surface area contributed by atoms with Crippen LogP contribution in [0.3, 0.4) is 0 Å². The number of nitrogens with one attached hydrogen (secondary N) is 3. The van der Waals surface area contributed by atoms with Crippen molar-refractivity contribution in [3.63, 3.8) is 0 Å². The summed E-state index contributed by atoms with van der Waals surface area (Å²) < 4.78 is 36.4. The smallest absolute Gasteiger partial charge is 0.252 e. The second-order valence-corrected chi connectivity index (χ2v) is 9.75. The number of hydrazine groups is 1. The highest BCUT2D eigenvalue weighted by atomic mass is 35.5. The number of methoxy groups -OCH3 is 1. The molecule has 0 saturated carbocycles. The molecule has 1 amide bonds. The molecule has 178 valence electrons. The number of amides is 1. The highest BCUT2D eigenvalue weighted by molar-refractivity contribution is 7.88. The Kier molecular flexibility index (Phi) is 10.0. The average molecular weight is 494 g/mol. The third-order valence-electron chi connectivity index (χ3n) is 4.40. The Labute approximate surface area is 200 Å². The van der Waals surface area contributed by atoms with Crippen molar-refractivity contribution in [2.75, 3.05) is 20.0 Å². The van der Waals surface area contributed by atoms with Crippen molar-refractivity contribution in [2.24, 2.45) is 5.92 Å². The summed E-state index contributed by atoms with van der Waals surface area (Å²) in [5.74, 6) is 6.30. The molecular formula is C23H28ClN3O5S. The lowest BCUT2D eigenvalue weighted by atomic mass is 10.1. The summed E-state index contributed by atoms with van der Waals surface area (Å²) in [5.41, 5.74) is 7.00. The van der Waals surface area contributed by atoms with Gasteiger partial charge in [-0.05, 0) is 47.9 Å². The molecule has 0 aliphatic heterocycles. The van der Waals surface area contributed by atoms with Crippen molar-refractivity contribution in [2.45, 2.75) is 26.4 Å². The van der Waals surface area contributed by atoms with Gasteiger partial charge in [0, 0.05) is 17.1 Å². The summed E-state index contributed by atoms with van der Waals surface area (Å²) in [6.07, 6.45) is 1.02. The highest BCUT2D eigenvalue weighted by Gasteiger charge is 2.25. The molecule has 0 unspecified atom stereocenters. The summed E-state index contributed by atoms with van der Waals surface area (Å²) in [6.45, 7) is 3.98. The second kappa shape index (κ2) is 12.5. The average Bonchev–Trinajstić information content (AvgIpc) is 2.76. The number of sulfonamides is 1. The Hall–Kier alpha value is -2.77. The lowest BCUT2D eigenvalue weighted by Gasteiger charge is -2.20. The SMILES string of the molecule is COc1cc(CNNC(=O)[C@@H](NS(C)(=O)=O)C(C)C)ccc1OCC#Cc1ccc(Cl)cc1. The predicted octanol–water partition coefficient (Wildman–Crippen LogP) is 2.47.